The fraction of sp³-hybridized carbons (Fsp3) is 0.500. The lowest BCUT2D eigenvalue weighted by atomic mass is 9.94. The molecule has 2 aromatic heterocycles. The van der Waals surface area contributed by atoms with Gasteiger partial charge in [0, 0.05) is 18.6 Å². The van der Waals surface area contributed by atoms with E-state index in [1.807, 2.05) is 20.8 Å². The second kappa shape index (κ2) is 5.58. The number of ether oxygens (including phenoxy) is 1. The molecule has 0 N–H and O–H groups in total. The summed E-state index contributed by atoms with van der Waals surface area (Å²) < 4.78 is 12.1. The van der Waals surface area contributed by atoms with Crippen molar-refractivity contribution >= 4 is 0 Å². The highest BCUT2D eigenvalue weighted by Crippen LogP contribution is 2.22. The van der Waals surface area contributed by atoms with E-state index < -0.39 is 0 Å². The first-order chi connectivity index (χ1) is 9.40. The first-order valence-electron chi connectivity index (χ1n) is 6.39. The fourth-order valence-corrected chi connectivity index (χ4v) is 1.68. The van der Waals surface area contributed by atoms with Gasteiger partial charge in [0.15, 0.2) is 0 Å². The average molecular weight is 277 g/mol. The van der Waals surface area contributed by atoms with Gasteiger partial charge < -0.3 is 9.15 Å². The van der Waals surface area contributed by atoms with E-state index in [0.29, 0.717) is 18.2 Å². The molecule has 0 fully saturated rings. The molecule has 0 aliphatic rings. The van der Waals surface area contributed by atoms with Crippen molar-refractivity contribution in [3.05, 3.63) is 46.3 Å². The molecule has 0 aliphatic carbocycles. The van der Waals surface area contributed by atoms with Crippen LogP contribution in [0.2, 0.25) is 0 Å². The van der Waals surface area contributed by atoms with E-state index in [4.69, 9.17) is 9.15 Å². The quantitative estimate of drug-likeness (QED) is 0.851. The van der Waals surface area contributed by atoms with Crippen molar-refractivity contribution in [2.45, 2.75) is 39.3 Å². The van der Waals surface area contributed by atoms with Crippen LogP contribution < -0.4 is 5.56 Å². The Bertz CT molecular complexity index is 638. The lowest BCUT2D eigenvalue weighted by molar-refractivity contribution is 0.181. The third kappa shape index (κ3) is 3.33. The highest BCUT2D eigenvalue weighted by atomic mass is 16.5. The van der Waals surface area contributed by atoms with E-state index in [1.165, 1.54) is 17.0 Å². The minimum absolute atomic E-state index is 0.100. The molecular formula is C14H19N3O3. The Labute approximate surface area is 117 Å². The summed E-state index contributed by atoms with van der Waals surface area (Å²) in [7, 11) is 1.56. The summed E-state index contributed by atoms with van der Waals surface area (Å²) in [6, 6.07) is 1.46. The topological polar surface area (TPSA) is 70.2 Å². The number of nitrogens with zero attached hydrogens (tertiary/aromatic N) is 3. The summed E-state index contributed by atoms with van der Waals surface area (Å²) >= 11 is 0. The summed E-state index contributed by atoms with van der Waals surface area (Å²) in [5.41, 5.74) is 0.357. The number of hydrogen-bond donors (Lipinski definition) is 0. The van der Waals surface area contributed by atoms with Crippen LogP contribution >= 0.6 is 0 Å². The molecule has 20 heavy (non-hydrogen) atoms. The Hall–Kier alpha value is -1.95. The monoisotopic (exact) mass is 277 g/mol. The maximum Gasteiger partial charge on any atom is 0.254 e. The van der Waals surface area contributed by atoms with Crippen LogP contribution in [0.25, 0.3) is 0 Å². The van der Waals surface area contributed by atoms with Crippen molar-refractivity contribution in [2.75, 3.05) is 7.11 Å². The summed E-state index contributed by atoms with van der Waals surface area (Å²) in [6.07, 6.45) is 3.19. The molecule has 0 amide bonds. The van der Waals surface area contributed by atoms with Crippen molar-refractivity contribution in [1.82, 2.24) is 14.5 Å². The van der Waals surface area contributed by atoms with E-state index in [0.717, 1.165) is 5.76 Å². The van der Waals surface area contributed by atoms with Gasteiger partial charge in [-0.3, -0.25) is 9.36 Å². The van der Waals surface area contributed by atoms with Gasteiger partial charge in [0.1, 0.15) is 12.3 Å². The summed E-state index contributed by atoms with van der Waals surface area (Å²) in [6.45, 7) is 6.73. The smallest absolute Gasteiger partial charge is 0.254 e. The van der Waals surface area contributed by atoms with Crippen molar-refractivity contribution in [3.63, 3.8) is 0 Å². The average Bonchev–Trinajstić information content (AvgIpc) is 2.81. The molecule has 2 rings (SSSR count). The predicted octanol–water partition coefficient (Wildman–Crippen LogP) is 1.72. The highest BCUT2D eigenvalue weighted by molar-refractivity contribution is 5.06. The third-order valence-corrected chi connectivity index (χ3v) is 2.83. The van der Waals surface area contributed by atoms with Gasteiger partial charge in [0.05, 0.1) is 24.8 Å². The largest absolute Gasteiger partial charge is 0.443 e. The van der Waals surface area contributed by atoms with Gasteiger partial charge in [-0.05, 0) is 0 Å². The SMILES string of the molecule is COCc1cc(=O)n(Cc2ncc(C(C)(C)C)o2)cn1. The highest BCUT2D eigenvalue weighted by Gasteiger charge is 2.19. The zero-order valence-electron chi connectivity index (χ0n) is 12.2. The Kier molecular flexibility index (Phi) is 4.04. The molecule has 0 radical (unpaired) electrons. The van der Waals surface area contributed by atoms with Crippen molar-refractivity contribution < 1.29 is 9.15 Å². The molecule has 0 spiro atoms. The molecular weight excluding hydrogens is 258 g/mol. The number of methoxy groups -OCH3 is 1. The molecule has 0 atom stereocenters. The van der Waals surface area contributed by atoms with E-state index >= 15 is 0 Å². The molecule has 2 heterocycles. The van der Waals surface area contributed by atoms with E-state index in [2.05, 4.69) is 9.97 Å². The Morgan fingerprint density at radius 1 is 1.35 bits per heavy atom. The molecule has 0 saturated carbocycles. The van der Waals surface area contributed by atoms with Gasteiger partial charge in [-0.25, -0.2) is 9.97 Å². The van der Waals surface area contributed by atoms with Crippen molar-refractivity contribution in [2.24, 2.45) is 0 Å². The Morgan fingerprint density at radius 2 is 2.10 bits per heavy atom. The Morgan fingerprint density at radius 3 is 2.65 bits per heavy atom. The van der Waals surface area contributed by atoms with Crippen LogP contribution in [0.15, 0.2) is 27.8 Å². The number of rotatable bonds is 4. The van der Waals surface area contributed by atoms with Crippen LogP contribution in [0.1, 0.15) is 38.1 Å². The molecule has 108 valence electrons. The Balaban J connectivity index is 2.18. The zero-order valence-corrected chi connectivity index (χ0v) is 12.2. The first-order valence-corrected chi connectivity index (χ1v) is 6.39. The van der Waals surface area contributed by atoms with Crippen LogP contribution in [0, 0.1) is 0 Å². The van der Waals surface area contributed by atoms with Gasteiger partial charge in [0.2, 0.25) is 5.89 Å². The van der Waals surface area contributed by atoms with Gasteiger partial charge >= 0.3 is 0 Å². The maximum atomic E-state index is 11.9. The molecule has 6 nitrogen and oxygen atoms in total. The van der Waals surface area contributed by atoms with Crippen LogP contribution in [0.4, 0.5) is 0 Å². The minimum atomic E-state index is -0.150. The zero-order chi connectivity index (χ0) is 14.8. The molecule has 0 unspecified atom stereocenters. The van der Waals surface area contributed by atoms with Crippen molar-refractivity contribution in [3.8, 4) is 0 Å². The summed E-state index contributed by atoms with van der Waals surface area (Å²) in [4.78, 5) is 20.3. The molecule has 0 aromatic carbocycles. The standard InChI is InChI=1S/C14H19N3O3/c1-14(2,3)11-6-15-12(20-11)7-17-9-16-10(8-19-4)5-13(17)18/h5-6,9H,7-8H2,1-4H3. The molecule has 6 heteroatoms. The maximum absolute atomic E-state index is 11.9. The lowest BCUT2D eigenvalue weighted by Crippen LogP contribution is -2.21. The summed E-state index contributed by atoms with van der Waals surface area (Å²) in [5, 5.41) is 0. The van der Waals surface area contributed by atoms with E-state index in [1.54, 1.807) is 13.3 Å². The van der Waals surface area contributed by atoms with Gasteiger partial charge in [0.25, 0.3) is 5.56 Å². The van der Waals surface area contributed by atoms with Crippen molar-refractivity contribution in [1.29, 1.82) is 0 Å². The fourth-order valence-electron chi connectivity index (χ4n) is 1.68. The van der Waals surface area contributed by atoms with Gasteiger partial charge in [-0.2, -0.15) is 0 Å². The van der Waals surface area contributed by atoms with Gasteiger partial charge in [-0.1, -0.05) is 20.8 Å². The van der Waals surface area contributed by atoms with Gasteiger partial charge in [-0.15, -0.1) is 0 Å². The van der Waals surface area contributed by atoms with E-state index in [-0.39, 0.29) is 17.5 Å². The third-order valence-electron chi connectivity index (χ3n) is 2.83. The van der Waals surface area contributed by atoms with Crippen LogP contribution in [-0.4, -0.2) is 21.6 Å². The summed E-state index contributed by atoms with van der Waals surface area (Å²) in [5.74, 6) is 1.29. The number of hydrogen-bond acceptors (Lipinski definition) is 5. The normalized spacial score (nSPS) is 11.8. The second-order valence-electron chi connectivity index (χ2n) is 5.65. The van der Waals surface area contributed by atoms with E-state index in [9.17, 15) is 4.79 Å². The first kappa shape index (κ1) is 14.5. The van der Waals surface area contributed by atoms with Crippen LogP contribution in [0.3, 0.4) is 0 Å². The number of aromatic nitrogens is 3. The second-order valence-corrected chi connectivity index (χ2v) is 5.65. The molecule has 2 aromatic rings. The minimum Gasteiger partial charge on any atom is -0.443 e. The number of oxazole rings is 1. The molecule has 0 aliphatic heterocycles. The van der Waals surface area contributed by atoms with Crippen LogP contribution in [-0.2, 0) is 23.3 Å². The predicted molar refractivity (Wildman–Crippen MR) is 73.5 cm³/mol. The molecule has 0 saturated heterocycles. The lowest BCUT2D eigenvalue weighted by Gasteiger charge is -2.13. The van der Waals surface area contributed by atoms with Crippen LogP contribution in [0.5, 0.6) is 0 Å². The molecule has 0 bridgehead atoms.